The van der Waals surface area contributed by atoms with Crippen molar-refractivity contribution in [3.8, 4) is 0 Å². The van der Waals surface area contributed by atoms with E-state index in [0.717, 1.165) is 5.56 Å². The average molecular weight is 262 g/mol. The van der Waals surface area contributed by atoms with Crippen molar-refractivity contribution in [2.45, 2.75) is 39.4 Å². The van der Waals surface area contributed by atoms with Gasteiger partial charge < -0.3 is 9.47 Å². The Hall–Kier alpha value is -1.84. The number of esters is 2. The third-order valence-electron chi connectivity index (χ3n) is 3.41. The third kappa shape index (κ3) is 2.48. The maximum absolute atomic E-state index is 12.3. The molecule has 102 valence electrons. The predicted octanol–water partition coefficient (Wildman–Crippen LogP) is 2.46. The molecule has 0 aliphatic carbocycles. The number of rotatable bonds is 3. The summed E-state index contributed by atoms with van der Waals surface area (Å²) < 4.78 is 10.5. The molecule has 0 amide bonds. The molecule has 1 aliphatic heterocycles. The molecule has 1 saturated heterocycles. The summed E-state index contributed by atoms with van der Waals surface area (Å²) in [6, 6.07) is 9.42. The maximum atomic E-state index is 12.3. The molecule has 0 spiro atoms. The van der Waals surface area contributed by atoms with Crippen LogP contribution in [-0.2, 0) is 25.5 Å². The van der Waals surface area contributed by atoms with Gasteiger partial charge in [0.05, 0.1) is 0 Å². The van der Waals surface area contributed by atoms with Crippen molar-refractivity contribution in [2.24, 2.45) is 5.41 Å². The summed E-state index contributed by atoms with van der Waals surface area (Å²) in [5.41, 5.74) is -0.311. The van der Waals surface area contributed by atoms with E-state index in [9.17, 15) is 9.59 Å². The summed E-state index contributed by atoms with van der Waals surface area (Å²) in [5, 5.41) is 0. The minimum atomic E-state index is -1.23. The highest BCUT2D eigenvalue weighted by molar-refractivity contribution is 6.01. The summed E-state index contributed by atoms with van der Waals surface area (Å²) in [5.74, 6) is -2.18. The largest absolute Gasteiger partial charge is 0.422 e. The van der Waals surface area contributed by atoms with Crippen LogP contribution in [0.5, 0.6) is 0 Å². The standard InChI is InChI=1S/C15H18O4/c1-4-15(10-11-8-6-5-7-9-11)12(16)18-14(2,3)19-13(15)17/h5-9H,4,10H2,1-3H3. The lowest BCUT2D eigenvalue weighted by atomic mass is 9.78. The molecule has 4 nitrogen and oxygen atoms in total. The zero-order valence-corrected chi connectivity index (χ0v) is 11.4. The summed E-state index contributed by atoms with van der Waals surface area (Å²) in [7, 11) is 0. The van der Waals surface area contributed by atoms with Gasteiger partial charge in [-0.15, -0.1) is 0 Å². The van der Waals surface area contributed by atoms with Crippen LogP contribution in [0.25, 0.3) is 0 Å². The van der Waals surface area contributed by atoms with Gasteiger partial charge in [-0.1, -0.05) is 37.3 Å². The van der Waals surface area contributed by atoms with Crippen LogP contribution in [-0.4, -0.2) is 17.7 Å². The van der Waals surface area contributed by atoms with Crippen molar-refractivity contribution in [3.63, 3.8) is 0 Å². The van der Waals surface area contributed by atoms with Gasteiger partial charge in [0, 0.05) is 13.8 Å². The molecule has 19 heavy (non-hydrogen) atoms. The van der Waals surface area contributed by atoms with E-state index in [1.54, 1.807) is 20.8 Å². The van der Waals surface area contributed by atoms with Gasteiger partial charge in [0.15, 0.2) is 5.41 Å². The van der Waals surface area contributed by atoms with E-state index < -0.39 is 23.1 Å². The second kappa shape index (κ2) is 4.68. The second-order valence-electron chi connectivity index (χ2n) is 5.28. The number of carbonyl (C=O) groups is 2. The highest BCUT2D eigenvalue weighted by Gasteiger charge is 2.54. The van der Waals surface area contributed by atoms with Crippen LogP contribution >= 0.6 is 0 Å². The zero-order chi connectivity index (χ0) is 14.1. The second-order valence-corrected chi connectivity index (χ2v) is 5.28. The van der Waals surface area contributed by atoms with Crippen molar-refractivity contribution in [1.29, 1.82) is 0 Å². The molecule has 0 bridgehead atoms. The minimum Gasteiger partial charge on any atom is -0.422 e. The maximum Gasteiger partial charge on any atom is 0.327 e. The number of cyclic esters (lactones) is 2. The molecule has 1 heterocycles. The molecule has 4 heteroatoms. The smallest absolute Gasteiger partial charge is 0.327 e. The first-order valence-electron chi connectivity index (χ1n) is 6.40. The van der Waals surface area contributed by atoms with E-state index in [2.05, 4.69) is 0 Å². The van der Waals surface area contributed by atoms with Crippen molar-refractivity contribution in [1.82, 2.24) is 0 Å². The van der Waals surface area contributed by atoms with E-state index in [1.807, 2.05) is 30.3 Å². The highest BCUT2D eigenvalue weighted by atomic mass is 16.7. The Morgan fingerprint density at radius 1 is 1.00 bits per heavy atom. The summed E-state index contributed by atoms with van der Waals surface area (Å²) >= 11 is 0. The molecule has 0 N–H and O–H groups in total. The number of hydrogen-bond donors (Lipinski definition) is 0. The predicted molar refractivity (Wildman–Crippen MR) is 69.1 cm³/mol. The summed E-state index contributed by atoms with van der Waals surface area (Å²) in [6.07, 6.45) is 0.660. The van der Waals surface area contributed by atoms with Gasteiger partial charge >= 0.3 is 11.9 Å². The Morgan fingerprint density at radius 2 is 1.53 bits per heavy atom. The number of carbonyl (C=O) groups excluding carboxylic acids is 2. The van der Waals surface area contributed by atoms with E-state index in [4.69, 9.17) is 9.47 Å². The van der Waals surface area contributed by atoms with Gasteiger partial charge in [-0.3, -0.25) is 9.59 Å². The van der Waals surface area contributed by atoms with Gasteiger partial charge in [-0.05, 0) is 18.4 Å². The lowest BCUT2D eigenvalue weighted by Crippen LogP contribution is -2.54. The zero-order valence-electron chi connectivity index (χ0n) is 11.4. The first kappa shape index (κ1) is 13.6. The van der Waals surface area contributed by atoms with E-state index in [0.29, 0.717) is 12.8 Å². The topological polar surface area (TPSA) is 52.6 Å². The Morgan fingerprint density at radius 3 is 2.00 bits per heavy atom. The summed E-state index contributed by atoms with van der Waals surface area (Å²) in [4.78, 5) is 24.5. The van der Waals surface area contributed by atoms with Crippen molar-refractivity contribution < 1.29 is 19.1 Å². The molecule has 0 unspecified atom stereocenters. The third-order valence-corrected chi connectivity index (χ3v) is 3.41. The van der Waals surface area contributed by atoms with Gasteiger partial charge in [-0.25, -0.2) is 0 Å². The Labute approximate surface area is 112 Å². The Bertz CT molecular complexity index is 470. The first-order valence-corrected chi connectivity index (χ1v) is 6.40. The van der Waals surface area contributed by atoms with Crippen LogP contribution in [0.3, 0.4) is 0 Å². The van der Waals surface area contributed by atoms with Crippen LogP contribution in [0.2, 0.25) is 0 Å². The molecule has 0 radical (unpaired) electrons. The molecular formula is C15H18O4. The Balaban J connectivity index is 2.32. The van der Waals surface area contributed by atoms with Gasteiger partial charge in [-0.2, -0.15) is 0 Å². The molecule has 1 fully saturated rings. The van der Waals surface area contributed by atoms with Gasteiger partial charge in [0.25, 0.3) is 5.79 Å². The van der Waals surface area contributed by atoms with E-state index in [-0.39, 0.29) is 0 Å². The molecule has 0 aromatic heterocycles. The van der Waals surface area contributed by atoms with Crippen molar-refractivity contribution >= 4 is 11.9 Å². The SMILES string of the molecule is CCC1(Cc2ccccc2)C(=O)OC(C)(C)OC1=O. The fraction of sp³-hybridized carbons (Fsp3) is 0.467. The molecule has 2 rings (SSSR count). The fourth-order valence-electron chi connectivity index (χ4n) is 2.25. The van der Waals surface area contributed by atoms with Crippen LogP contribution < -0.4 is 0 Å². The molecule has 1 aliphatic rings. The van der Waals surface area contributed by atoms with Crippen LogP contribution in [0, 0.1) is 5.41 Å². The lowest BCUT2D eigenvalue weighted by molar-refractivity contribution is -0.251. The number of ether oxygens (including phenoxy) is 2. The van der Waals surface area contributed by atoms with Crippen LogP contribution in [0.15, 0.2) is 30.3 Å². The minimum absolute atomic E-state index is 0.304. The summed E-state index contributed by atoms with van der Waals surface area (Å²) in [6.45, 7) is 4.92. The number of hydrogen-bond acceptors (Lipinski definition) is 4. The molecule has 1 aromatic rings. The molecule has 1 aromatic carbocycles. The monoisotopic (exact) mass is 262 g/mol. The normalized spacial score (nSPS) is 20.6. The Kier molecular flexibility index (Phi) is 3.35. The molecular weight excluding hydrogens is 244 g/mol. The van der Waals surface area contributed by atoms with E-state index in [1.165, 1.54) is 0 Å². The van der Waals surface area contributed by atoms with E-state index >= 15 is 0 Å². The van der Waals surface area contributed by atoms with Crippen LogP contribution in [0.4, 0.5) is 0 Å². The van der Waals surface area contributed by atoms with Crippen LogP contribution in [0.1, 0.15) is 32.8 Å². The average Bonchev–Trinajstić information content (AvgIpc) is 2.34. The number of benzene rings is 1. The van der Waals surface area contributed by atoms with Gasteiger partial charge in [0.1, 0.15) is 0 Å². The van der Waals surface area contributed by atoms with Crippen molar-refractivity contribution in [2.75, 3.05) is 0 Å². The van der Waals surface area contributed by atoms with Gasteiger partial charge in [0.2, 0.25) is 0 Å². The molecule has 0 atom stereocenters. The quantitative estimate of drug-likeness (QED) is 0.620. The fourth-order valence-corrected chi connectivity index (χ4v) is 2.25. The lowest BCUT2D eigenvalue weighted by Gasteiger charge is -2.39. The molecule has 0 saturated carbocycles. The van der Waals surface area contributed by atoms with Crippen molar-refractivity contribution in [3.05, 3.63) is 35.9 Å². The highest BCUT2D eigenvalue weighted by Crippen LogP contribution is 2.37. The first-order chi connectivity index (χ1) is 8.89.